The third-order valence-corrected chi connectivity index (χ3v) is 4.61. The lowest BCUT2D eigenvalue weighted by atomic mass is 9.97. The van der Waals surface area contributed by atoms with Crippen LogP contribution in [0.4, 0.5) is 5.82 Å². The molecule has 2 aromatic rings. The molecule has 1 amide bonds. The molecule has 1 aromatic heterocycles. The predicted octanol–water partition coefficient (Wildman–Crippen LogP) is 1.67. The second-order valence-corrected chi connectivity index (χ2v) is 6.66. The summed E-state index contributed by atoms with van der Waals surface area (Å²) in [6.45, 7) is 1.91. The van der Waals surface area contributed by atoms with E-state index in [1.54, 1.807) is 24.3 Å². The van der Waals surface area contributed by atoms with Crippen LogP contribution in [0.2, 0.25) is 0 Å². The van der Waals surface area contributed by atoms with E-state index in [9.17, 15) is 15.3 Å². The highest BCUT2D eigenvalue weighted by molar-refractivity contribution is 7.99. The number of nitriles is 2. The molecule has 0 aliphatic carbocycles. The number of aliphatic hydroxyl groups is 1. The summed E-state index contributed by atoms with van der Waals surface area (Å²) in [6, 6.07) is 11.0. The van der Waals surface area contributed by atoms with E-state index < -0.39 is 0 Å². The number of nitrogen functional groups attached to an aromatic ring is 1. The van der Waals surface area contributed by atoms with Gasteiger partial charge in [-0.05, 0) is 17.7 Å². The second kappa shape index (κ2) is 10.2. The number of aromatic nitrogens is 1. The number of hydrogen-bond donors (Lipinski definition) is 3. The van der Waals surface area contributed by atoms with E-state index in [2.05, 4.69) is 16.4 Å². The lowest BCUT2D eigenvalue weighted by molar-refractivity contribution is -0.118. The van der Waals surface area contributed by atoms with Gasteiger partial charge in [0.25, 0.3) is 0 Å². The maximum absolute atomic E-state index is 11.0. The Bertz CT molecular complexity index is 933. The largest absolute Gasteiger partial charge is 0.491 e. The van der Waals surface area contributed by atoms with E-state index in [1.165, 1.54) is 18.7 Å². The highest BCUT2D eigenvalue weighted by Gasteiger charge is 2.20. The number of benzene rings is 1. The average Bonchev–Trinajstić information content (AvgIpc) is 2.69. The van der Waals surface area contributed by atoms with Crippen LogP contribution >= 0.6 is 11.8 Å². The van der Waals surface area contributed by atoms with Crippen LogP contribution in [0, 0.1) is 22.7 Å². The summed E-state index contributed by atoms with van der Waals surface area (Å²) in [7, 11) is 0. The van der Waals surface area contributed by atoms with Gasteiger partial charge in [-0.1, -0.05) is 12.1 Å². The molecule has 0 aliphatic rings. The number of rotatable bonds is 8. The SMILES string of the molecule is CC(=O)NCCSc1nc(N)c(C#N)c(-c2ccc(OCCO)cc2)c1C#N. The highest BCUT2D eigenvalue weighted by Crippen LogP contribution is 2.36. The number of nitrogens with two attached hydrogens (primary N) is 1. The summed E-state index contributed by atoms with van der Waals surface area (Å²) in [5, 5.41) is 31.2. The van der Waals surface area contributed by atoms with Crippen LogP contribution < -0.4 is 15.8 Å². The quantitative estimate of drug-likeness (QED) is 0.450. The molecule has 8 nitrogen and oxygen atoms in total. The van der Waals surface area contributed by atoms with Gasteiger partial charge in [0.15, 0.2) is 0 Å². The van der Waals surface area contributed by atoms with Gasteiger partial charge in [0.1, 0.15) is 40.9 Å². The van der Waals surface area contributed by atoms with Crippen molar-refractivity contribution >= 4 is 23.5 Å². The first-order chi connectivity index (χ1) is 13.5. The number of thioether (sulfide) groups is 1. The number of amides is 1. The first kappa shape index (κ1) is 21.0. The minimum absolute atomic E-state index is 0.0409. The normalized spacial score (nSPS) is 10.0. The van der Waals surface area contributed by atoms with Crippen LogP contribution in [-0.4, -0.2) is 41.5 Å². The van der Waals surface area contributed by atoms with Gasteiger partial charge in [0.05, 0.1) is 12.2 Å². The van der Waals surface area contributed by atoms with Gasteiger partial charge < -0.3 is 20.9 Å². The smallest absolute Gasteiger partial charge is 0.216 e. The first-order valence-electron chi connectivity index (χ1n) is 8.36. The Balaban J connectivity index is 2.42. The molecule has 0 unspecified atom stereocenters. The highest BCUT2D eigenvalue weighted by atomic mass is 32.2. The summed E-state index contributed by atoms with van der Waals surface area (Å²) in [5.74, 6) is 0.957. The van der Waals surface area contributed by atoms with E-state index in [4.69, 9.17) is 15.6 Å². The average molecular weight is 397 g/mol. The number of nitrogens with zero attached hydrogens (tertiary/aromatic N) is 3. The molecule has 4 N–H and O–H groups in total. The molecule has 0 bridgehead atoms. The molecule has 0 fully saturated rings. The maximum Gasteiger partial charge on any atom is 0.216 e. The zero-order chi connectivity index (χ0) is 20.5. The van der Waals surface area contributed by atoms with Crippen LogP contribution in [0.3, 0.4) is 0 Å². The fourth-order valence-electron chi connectivity index (χ4n) is 2.45. The number of aliphatic hydroxyl groups excluding tert-OH is 1. The van der Waals surface area contributed by atoms with Gasteiger partial charge in [-0.3, -0.25) is 4.79 Å². The molecule has 0 spiro atoms. The van der Waals surface area contributed by atoms with Crippen LogP contribution in [0.15, 0.2) is 29.3 Å². The molecule has 0 saturated heterocycles. The number of ether oxygens (including phenoxy) is 1. The zero-order valence-corrected chi connectivity index (χ0v) is 16.0. The topological polar surface area (TPSA) is 145 Å². The minimum Gasteiger partial charge on any atom is -0.491 e. The first-order valence-corrected chi connectivity index (χ1v) is 9.35. The predicted molar refractivity (Wildman–Crippen MR) is 106 cm³/mol. The Kier molecular flexibility index (Phi) is 7.64. The summed E-state index contributed by atoms with van der Waals surface area (Å²) < 4.78 is 5.34. The standard InChI is InChI=1S/C19H19N5O3S/c1-12(26)23-6-9-28-19-16(11-21)17(15(10-20)18(22)24-19)13-2-4-14(5-3-13)27-8-7-25/h2-5,25H,6-9H2,1H3,(H2,22,24)(H,23,26). The van der Waals surface area contributed by atoms with Gasteiger partial charge in [-0.15, -0.1) is 11.8 Å². The van der Waals surface area contributed by atoms with Crippen LogP contribution in [0.5, 0.6) is 5.75 Å². The van der Waals surface area contributed by atoms with E-state index in [1.807, 2.05) is 6.07 Å². The van der Waals surface area contributed by atoms with Crippen molar-refractivity contribution in [3.63, 3.8) is 0 Å². The minimum atomic E-state index is -0.141. The monoisotopic (exact) mass is 397 g/mol. The van der Waals surface area contributed by atoms with Crippen LogP contribution in [0.1, 0.15) is 18.1 Å². The van der Waals surface area contributed by atoms with Gasteiger partial charge >= 0.3 is 0 Å². The Morgan fingerprint density at radius 3 is 2.54 bits per heavy atom. The molecule has 1 aromatic carbocycles. The van der Waals surface area contributed by atoms with Crippen LogP contribution in [-0.2, 0) is 4.79 Å². The number of anilines is 1. The number of carbonyl (C=O) groups excluding carboxylic acids is 1. The third-order valence-electron chi connectivity index (χ3n) is 3.63. The van der Waals surface area contributed by atoms with Gasteiger partial charge in [0.2, 0.25) is 5.91 Å². The number of hydrogen-bond acceptors (Lipinski definition) is 8. The number of nitrogens with one attached hydrogen (secondary N) is 1. The molecule has 0 atom stereocenters. The molecule has 1 heterocycles. The molecular weight excluding hydrogens is 378 g/mol. The Morgan fingerprint density at radius 2 is 1.96 bits per heavy atom. The molecule has 9 heteroatoms. The summed E-state index contributed by atoms with van der Waals surface area (Å²) in [6.07, 6.45) is 0. The van der Waals surface area contributed by atoms with Crippen molar-refractivity contribution in [2.24, 2.45) is 0 Å². The Hall–Kier alpha value is -3.27. The molecule has 28 heavy (non-hydrogen) atoms. The third kappa shape index (κ3) is 5.13. The van der Waals surface area contributed by atoms with Crippen LogP contribution in [0.25, 0.3) is 11.1 Å². The van der Waals surface area contributed by atoms with Crippen molar-refractivity contribution < 1.29 is 14.6 Å². The van der Waals surface area contributed by atoms with Crippen molar-refractivity contribution in [2.75, 3.05) is 31.2 Å². The Labute approximate surface area is 166 Å². The summed E-state index contributed by atoms with van der Waals surface area (Å²) >= 11 is 1.28. The lowest BCUT2D eigenvalue weighted by Crippen LogP contribution is -2.22. The van der Waals surface area contributed by atoms with Gasteiger partial charge in [-0.2, -0.15) is 10.5 Å². The molecule has 0 radical (unpaired) electrons. The molecule has 0 saturated carbocycles. The second-order valence-electron chi connectivity index (χ2n) is 5.58. The summed E-state index contributed by atoms with van der Waals surface area (Å²) in [5.41, 5.74) is 7.38. The van der Waals surface area contributed by atoms with E-state index >= 15 is 0 Å². The van der Waals surface area contributed by atoms with Crippen molar-refractivity contribution in [2.45, 2.75) is 11.9 Å². The molecule has 0 aliphatic heterocycles. The van der Waals surface area contributed by atoms with Gasteiger partial charge in [0, 0.05) is 24.8 Å². The number of pyridine rings is 1. The van der Waals surface area contributed by atoms with Crippen molar-refractivity contribution in [3.8, 4) is 29.0 Å². The fraction of sp³-hybridized carbons (Fsp3) is 0.263. The van der Waals surface area contributed by atoms with E-state index in [0.717, 1.165) is 0 Å². The number of carbonyl (C=O) groups is 1. The molecule has 144 valence electrons. The van der Waals surface area contributed by atoms with E-state index in [0.29, 0.717) is 34.2 Å². The maximum atomic E-state index is 11.0. The fourth-order valence-corrected chi connectivity index (χ4v) is 3.30. The molecule has 2 rings (SSSR count). The van der Waals surface area contributed by atoms with E-state index in [-0.39, 0.29) is 36.1 Å². The van der Waals surface area contributed by atoms with Crippen molar-refractivity contribution in [1.29, 1.82) is 10.5 Å². The molecular formula is C19H19N5O3S. The van der Waals surface area contributed by atoms with Crippen molar-refractivity contribution in [3.05, 3.63) is 35.4 Å². The van der Waals surface area contributed by atoms with Crippen molar-refractivity contribution in [1.82, 2.24) is 10.3 Å². The summed E-state index contributed by atoms with van der Waals surface area (Å²) in [4.78, 5) is 15.2. The van der Waals surface area contributed by atoms with Gasteiger partial charge in [-0.25, -0.2) is 4.98 Å². The zero-order valence-electron chi connectivity index (χ0n) is 15.2. The lowest BCUT2D eigenvalue weighted by Gasteiger charge is -2.13. The Morgan fingerprint density at radius 1 is 1.29 bits per heavy atom.